The molecule has 0 saturated heterocycles. The summed E-state index contributed by atoms with van der Waals surface area (Å²) in [5, 5.41) is 5.34. The fraction of sp³-hybridized carbons (Fsp3) is 0.400. The topological polar surface area (TPSA) is 17.8 Å². The van der Waals surface area contributed by atoms with E-state index in [9.17, 15) is 0 Å². The van der Waals surface area contributed by atoms with Crippen molar-refractivity contribution in [2.24, 2.45) is 0 Å². The highest BCUT2D eigenvalue weighted by molar-refractivity contribution is 6.31. The highest BCUT2D eigenvalue weighted by Crippen LogP contribution is 2.28. The van der Waals surface area contributed by atoms with Crippen LogP contribution in [0.2, 0.25) is 5.02 Å². The Morgan fingerprint density at radius 2 is 1.95 bits per heavy atom. The first-order chi connectivity index (χ1) is 9.11. The fourth-order valence-electron chi connectivity index (χ4n) is 2.08. The van der Waals surface area contributed by atoms with Crippen molar-refractivity contribution in [2.75, 3.05) is 5.88 Å². The van der Waals surface area contributed by atoms with E-state index in [-0.39, 0.29) is 5.92 Å². The number of halogens is 2. The SMILES string of the molecule is CC(C)n1ccc(CC(CCl)c2ccccc2Cl)n1. The maximum atomic E-state index is 6.24. The molecule has 1 atom stereocenters. The molecule has 0 spiro atoms. The van der Waals surface area contributed by atoms with Gasteiger partial charge in [0.1, 0.15) is 0 Å². The van der Waals surface area contributed by atoms with Crippen molar-refractivity contribution in [3.63, 3.8) is 0 Å². The Kier molecular flexibility index (Phi) is 4.89. The quantitative estimate of drug-likeness (QED) is 0.732. The molecule has 1 aromatic carbocycles. The Labute approximate surface area is 124 Å². The third-order valence-electron chi connectivity index (χ3n) is 3.18. The zero-order chi connectivity index (χ0) is 13.8. The van der Waals surface area contributed by atoms with Crippen LogP contribution in [-0.4, -0.2) is 15.7 Å². The maximum absolute atomic E-state index is 6.24. The van der Waals surface area contributed by atoms with Crippen molar-refractivity contribution in [1.82, 2.24) is 9.78 Å². The van der Waals surface area contributed by atoms with Gasteiger partial charge in [0.05, 0.1) is 5.69 Å². The molecule has 1 heterocycles. The lowest BCUT2D eigenvalue weighted by atomic mass is 9.96. The minimum Gasteiger partial charge on any atom is -0.270 e. The monoisotopic (exact) mass is 296 g/mol. The summed E-state index contributed by atoms with van der Waals surface area (Å²) in [4.78, 5) is 0. The van der Waals surface area contributed by atoms with Crippen LogP contribution in [0.25, 0.3) is 0 Å². The van der Waals surface area contributed by atoms with E-state index >= 15 is 0 Å². The number of aromatic nitrogens is 2. The Bertz CT molecular complexity index is 534. The van der Waals surface area contributed by atoms with Crippen LogP contribution in [0.1, 0.15) is 37.1 Å². The molecule has 2 rings (SSSR count). The van der Waals surface area contributed by atoms with Gasteiger partial charge in [-0.15, -0.1) is 11.6 Å². The fourth-order valence-corrected chi connectivity index (χ4v) is 2.65. The summed E-state index contributed by atoms with van der Waals surface area (Å²) in [5.41, 5.74) is 2.15. The second-order valence-corrected chi connectivity index (χ2v) is 5.67. The first kappa shape index (κ1) is 14.4. The lowest BCUT2D eigenvalue weighted by Gasteiger charge is -2.14. The molecule has 0 aliphatic carbocycles. The summed E-state index contributed by atoms with van der Waals surface area (Å²) in [6, 6.07) is 10.3. The van der Waals surface area contributed by atoms with Crippen LogP contribution in [0.5, 0.6) is 0 Å². The van der Waals surface area contributed by atoms with Crippen LogP contribution in [0, 0.1) is 0 Å². The first-order valence-corrected chi connectivity index (χ1v) is 7.37. The zero-order valence-electron chi connectivity index (χ0n) is 11.2. The average Bonchev–Trinajstić information content (AvgIpc) is 2.86. The van der Waals surface area contributed by atoms with Crippen LogP contribution >= 0.6 is 23.2 Å². The number of rotatable bonds is 5. The Balaban J connectivity index is 2.17. The van der Waals surface area contributed by atoms with E-state index in [1.807, 2.05) is 35.1 Å². The van der Waals surface area contributed by atoms with Crippen LogP contribution in [0.15, 0.2) is 36.5 Å². The zero-order valence-corrected chi connectivity index (χ0v) is 12.7. The predicted molar refractivity (Wildman–Crippen MR) is 81.2 cm³/mol. The van der Waals surface area contributed by atoms with E-state index in [1.54, 1.807) is 0 Å². The van der Waals surface area contributed by atoms with E-state index in [1.165, 1.54) is 0 Å². The van der Waals surface area contributed by atoms with Gasteiger partial charge in [0.2, 0.25) is 0 Å². The molecule has 0 amide bonds. The molecule has 2 aromatic rings. The number of benzene rings is 1. The smallest absolute Gasteiger partial charge is 0.0631 e. The van der Waals surface area contributed by atoms with E-state index in [2.05, 4.69) is 25.0 Å². The Morgan fingerprint density at radius 3 is 2.53 bits per heavy atom. The third-order valence-corrected chi connectivity index (χ3v) is 3.90. The highest BCUT2D eigenvalue weighted by atomic mass is 35.5. The van der Waals surface area contributed by atoms with Crippen LogP contribution in [-0.2, 0) is 6.42 Å². The van der Waals surface area contributed by atoms with Crippen LogP contribution in [0.4, 0.5) is 0 Å². The lowest BCUT2D eigenvalue weighted by Crippen LogP contribution is -2.07. The van der Waals surface area contributed by atoms with Crippen molar-refractivity contribution < 1.29 is 0 Å². The van der Waals surface area contributed by atoms with Crippen molar-refractivity contribution in [3.05, 3.63) is 52.8 Å². The molecule has 19 heavy (non-hydrogen) atoms. The van der Waals surface area contributed by atoms with Gasteiger partial charge in [0, 0.05) is 29.1 Å². The van der Waals surface area contributed by atoms with Gasteiger partial charge in [-0.25, -0.2) is 0 Å². The first-order valence-electron chi connectivity index (χ1n) is 6.46. The maximum Gasteiger partial charge on any atom is 0.0631 e. The molecule has 0 saturated carbocycles. The van der Waals surface area contributed by atoms with Crippen LogP contribution in [0.3, 0.4) is 0 Å². The van der Waals surface area contributed by atoms with Gasteiger partial charge in [-0.1, -0.05) is 29.8 Å². The second-order valence-electron chi connectivity index (χ2n) is 4.96. The van der Waals surface area contributed by atoms with Crippen molar-refractivity contribution in [3.8, 4) is 0 Å². The van der Waals surface area contributed by atoms with Crippen molar-refractivity contribution in [1.29, 1.82) is 0 Å². The van der Waals surface area contributed by atoms with Gasteiger partial charge in [-0.2, -0.15) is 5.10 Å². The van der Waals surface area contributed by atoms with Gasteiger partial charge < -0.3 is 0 Å². The Hall–Kier alpha value is -0.990. The molecule has 2 nitrogen and oxygen atoms in total. The molecule has 0 radical (unpaired) electrons. The van der Waals surface area contributed by atoms with Crippen LogP contribution < -0.4 is 0 Å². The largest absolute Gasteiger partial charge is 0.270 e. The predicted octanol–water partition coefficient (Wildman–Crippen LogP) is 4.68. The normalized spacial score (nSPS) is 12.9. The average molecular weight is 297 g/mol. The second kappa shape index (κ2) is 6.44. The lowest BCUT2D eigenvalue weighted by molar-refractivity contribution is 0.523. The summed E-state index contributed by atoms with van der Waals surface area (Å²) < 4.78 is 1.97. The Morgan fingerprint density at radius 1 is 1.21 bits per heavy atom. The number of nitrogens with zero attached hydrogens (tertiary/aromatic N) is 2. The van der Waals surface area contributed by atoms with E-state index in [0.717, 1.165) is 22.7 Å². The molecular formula is C15H18Cl2N2. The van der Waals surface area contributed by atoms with E-state index in [0.29, 0.717) is 11.9 Å². The third kappa shape index (κ3) is 3.52. The molecule has 0 aliphatic rings. The molecule has 0 bridgehead atoms. The molecule has 0 fully saturated rings. The minimum atomic E-state index is 0.200. The molecule has 0 aliphatic heterocycles. The summed E-state index contributed by atoms with van der Waals surface area (Å²) in [6.45, 7) is 4.23. The summed E-state index contributed by atoms with van der Waals surface area (Å²) in [5.74, 6) is 0.740. The highest BCUT2D eigenvalue weighted by Gasteiger charge is 2.16. The summed E-state index contributed by atoms with van der Waals surface area (Å²) >= 11 is 12.3. The number of hydrogen-bond donors (Lipinski definition) is 0. The van der Waals surface area contributed by atoms with Gasteiger partial charge in [0.15, 0.2) is 0 Å². The molecule has 102 valence electrons. The van der Waals surface area contributed by atoms with Gasteiger partial charge >= 0.3 is 0 Å². The summed E-state index contributed by atoms with van der Waals surface area (Å²) in [7, 11) is 0. The molecular weight excluding hydrogens is 279 g/mol. The van der Waals surface area contributed by atoms with E-state index in [4.69, 9.17) is 23.2 Å². The van der Waals surface area contributed by atoms with Crippen molar-refractivity contribution >= 4 is 23.2 Å². The number of alkyl halides is 1. The van der Waals surface area contributed by atoms with Gasteiger partial charge in [0.25, 0.3) is 0 Å². The molecule has 1 aromatic heterocycles. The minimum absolute atomic E-state index is 0.200. The summed E-state index contributed by atoms with van der Waals surface area (Å²) in [6.07, 6.45) is 2.82. The molecule has 1 unspecified atom stereocenters. The van der Waals surface area contributed by atoms with Gasteiger partial charge in [-0.05, 0) is 38.0 Å². The molecule has 0 N–H and O–H groups in total. The molecule has 4 heteroatoms. The van der Waals surface area contributed by atoms with Gasteiger partial charge in [-0.3, -0.25) is 4.68 Å². The standard InChI is InChI=1S/C15H18Cl2N2/c1-11(2)19-8-7-13(18-19)9-12(10-16)14-5-3-4-6-15(14)17/h3-8,11-12H,9-10H2,1-2H3. The van der Waals surface area contributed by atoms with Crippen molar-refractivity contribution in [2.45, 2.75) is 32.2 Å². The van der Waals surface area contributed by atoms with E-state index < -0.39 is 0 Å². The number of hydrogen-bond acceptors (Lipinski definition) is 1.